The number of hydrogen-bond donors (Lipinski definition) is 1. The summed E-state index contributed by atoms with van der Waals surface area (Å²) in [6.45, 7) is 2.78. The summed E-state index contributed by atoms with van der Waals surface area (Å²) >= 11 is 1.50. The molecule has 5 heteroatoms. The molecule has 0 aliphatic heterocycles. The number of terminal acetylenes is 1. The quantitative estimate of drug-likeness (QED) is 0.834. The minimum Gasteiger partial charge on any atom is -0.493 e. The Labute approximate surface area is 128 Å². The lowest BCUT2D eigenvalue weighted by atomic mass is 10.2. The summed E-state index contributed by atoms with van der Waals surface area (Å²) in [6, 6.07) is 7.75. The average molecular weight is 300 g/mol. The Hall–Kier alpha value is -2.32. The van der Waals surface area contributed by atoms with Crippen molar-refractivity contribution in [1.29, 1.82) is 0 Å². The average Bonchev–Trinajstić information content (AvgIpc) is 2.94. The molecule has 21 heavy (non-hydrogen) atoms. The maximum atomic E-state index is 11.6. The minimum atomic E-state index is -0.122. The van der Waals surface area contributed by atoms with Crippen molar-refractivity contribution < 1.29 is 9.53 Å². The first-order valence-electron chi connectivity index (χ1n) is 6.61. The molecule has 0 fully saturated rings. The molecular weight excluding hydrogens is 284 g/mol. The molecule has 1 aromatic carbocycles. The highest BCUT2D eigenvalue weighted by Crippen LogP contribution is 2.32. The number of carbonyl (C=O) groups excluding carboxylic acids is 1. The first-order chi connectivity index (χ1) is 10.2. The second-order valence-electron chi connectivity index (χ2n) is 4.23. The van der Waals surface area contributed by atoms with E-state index in [1.54, 1.807) is 0 Å². The van der Waals surface area contributed by atoms with Gasteiger partial charge < -0.3 is 10.1 Å². The highest BCUT2D eigenvalue weighted by molar-refractivity contribution is 7.13. The van der Waals surface area contributed by atoms with Crippen LogP contribution in [-0.2, 0) is 11.2 Å². The molecule has 0 radical (unpaired) electrons. The van der Waals surface area contributed by atoms with E-state index < -0.39 is 0 Å². The lowest BCUT2D eigenvalue weighted by Gasteiger charge is -2.07. The highest BCUT2D eigenvalue weighted by atomic mass is 32.1. The third-order valence-corrected chi connectivity index (χ3v) is 3.62. The van der Waals surface area contributed by atoms with Crippen molar-refractivity contribution in [2.24, 2.45) is 0 Å². The zero-order valence-electron chi connectivity index (χ0n) is 11.8. The summed E-state index contributed by atoms with van der Waals surface area (Å²) in [5.41, 5.74) is 1.68. The summed E-state index contributed by atoms with van der Waals surface area (Å²) in [5.74, 6) is 3.05. The van der Waals surface area contributed by atoms with Gasteiger partial charge in [0.05, 0.1) is 30.8 Å². The van der Waals surface area contributed by atoms with Crippen LogP contribution in [0, 0.1) is 12.3 Å². The van der Waals surface area contributed by atoms with Crippen molar-refractivity contribution in [2.45, 2.75) is 13.3 Å². The van der Waals surface area contributed by atoms with Crippen LogP contribution in [0.4, 0.5) is 0 Å². The first kappa shape index (κ1) is 15.1. The Balaban J connectivity index is 2.13. The van der Waals surface area contributed by atoms with Crippen molar-refractivity contribution in [2.75, 3.05) is 13.2 Å². The van der Waals surface area contributed by atoms with E-state index in [-0.39, 0.29) is 18.9 Å². The molecule has 1 amide bonds. The van der Waals surface area contributed by atoms with Crippen molar-refractivity contribution >= 4 is 17.2 Å². The van der Waals surface area contributed by atoms with Crippen molar-refractivity contribution in [3.63, 3.8) is 0 Å². The summed E-state index contributed by atoms with van der Waals surface area (Å²) in [7, 11) is 0. The van der Waals surface area contributed by atoms with E-state index in [1.807, 2.05) is 36.6 Å². The molecule has 0 spiro atoms. The Kier molecular flexibility index (Phi) is 5.35. The molecule has 0 atom stereocenters. The van der Waals surface area contributed by atoms with Crippen molar-refractivity contribution in [3.8, 4) is 28.7 Å². The van der Waals surface area contributed by atoms with Crippen LogP contribution in [0.15, 0.2) is 29.6 Å². The minimum absolute atomic E-state index is 0.122. The standard InChI is InChI=1S/C16H16N2O2S/c1-3-9-17-15(19)10-12-11-21-16(18-12)13-7-5-6-8-14(13)20-4-2/h1,5-8,11H,4,9-10H2,2H3,(H,17,19). The first-order valence-corrected chi connectivity index (χ1v) is 7.49. The number of rotatable bonds is 6. The number of hydrogen-bond acceptors (Lipinski definition) is 4. The monoisotopic (exact) mass is 300 g/mol. The van der Waals surface area contributed by atoms with Crippen LogP contribution in [-0.4, -0.2) is 24.0 Å². The summed E-state index contributed by atoms with van der Waals surface area (Å²) in [4.78, 5) is 16.1. The van der Waals surface area contributed by atoms with Crippen LogP contribution in [0.25, 0.3) is 10.6 Å². The van der Waals surface area contributed by atoms with E-state index >= 15 is 0 Å². The molecule has 0 bridgehead atoms. The molecule has 0 saturated carbocycles. The van der Waals surface area contributed by atoms with Gasteiger partial charge in [-0.25, -0.2) is 4.98 Å². The lowest BCUT2D eigenvalue weighted by molar-refractivity contribution is -0.120. The van der Waals surface area contributed by atoms with Crippen molar-refractivity contribution in [3.05, 3.63) is 35.3 Å². The number of ether oxygens (including phenoxy) is 1. The van der Waals surface area contributed by atoms with Crippen molar-refractivity contribution in [1.82, 2.24) is 10.3 Å². The molecule has 0 unspecified atom stereocenters. The molecule has 1 N–H and O–H groups in total. The van der Waals surface area contributed by atoms with Gasteiger partial charge in [-0.05, 0) is 19.1 Å². The topological polar surface area (TPSA) is 51.2 Å². The fourth-order valence-electron chi connectivity index (χ4n) is 1.81. The maximum absolute atomic E-state index is 11.6. The fraction of sp³-hybridized carbons (Fsp3) is 0.250. The summed E-state index contributed by atoms with van der Waals surface area (Å²) in [6.07, 6.45) is 5.33. The van der Waals surface area contributed by atoms with E-state index in [1.165, 1.54) is 11.3 Å². The van der Waals surface area contributed by atoms with Gasteiger partial charge in [0, 0.05) is 5.38 Å². The molecule has 2 rings (SSSR count). The number of nitrogens with one attached hydrogen (secondary N) is 1. The number of carbonyl (C=O) groups is 1. The van der Waals surface area contributed by atoms with Gasteiger partial charge in [0.1, 0.15) is 10.8 Å². The zero-order chi connectivity index (χ0) is 15.1. The Morgan fingerprint density at radius 3 is 3.05 bits per heavy atom. The summed E-state index contributed by atoms with van der Waals surface area (Å²) in [5, 5.41) is 5.35. The van der Waals surface area contributed by atoms with Gasteiger partial charge in [0.2, 0.25) is 5.91 Å². The normalized spacial score (nSPS) is 9.90. The van der Waals surface area contributed by atoms with E-state index in [4.69, 9.17) is 11.2 Å². The summed E-state index contributed by atoms with van der Waals surface area (Å²) < 4.78 is 5.60. The SMILES string of the molecule is C#CCNC(=O)Cc1csc(-c2ccccc2OCC)n1. The number of aromatic nitrogens is 1. The van der Waals surface area contributed by atoms with Gasteiger partial charge in [-0.15, -0.1) is 17.8 Å². The molecule has 2 aromatic rings. The Morgan fingerprint density at radius 1 is 1.48 bits per heavy atom. The van der Waals surface area contributed by atoms with Gasteiger partial charge in [-0.2, -0.15) is 0 Å². The van der Waals surface area contributed by atoms with Gasteiger partial charge in [0.15, 0.2) is 0 Å². The molecule has 0 saturated heterocycles. The molecule has 1 aromatic heterocycles. The molecular formula is C16H16N2O2S. The fourth-order valence-corrected chi connectivity index (χ4v) is 2.66. The number of thiazole rings is 1. The Morgan fingerprint density at radius 2 is 2.29 bits per heavy atom. The lowest BCUT2D eigenvalue weighted by Crippen LogP contribution is -2.25. The van der Waals surface area contributed by atoms with E-state index in [2.05, 4.69) is 16.2 Å². The van der Waals surface area contributed by atoms with Gasteiger partial charge in [-0.3, -0.25) is 4.79 Å². The zero-order valence-corrected chi connectivity index (χ0v) is 12.6. The maximum Gasteiger partial charge on any atom is 0.226 e. The van der Waals surface area contributed by atoms with Crippen LogP contribution >= 0.6 is 11.3 Å². The second-order valence-corrected chi connectivity index (χ2v) is 5.09. The number of nitrogens with zero attached hydrogens (tertiary/aromatic N) is 1. The van der Waals surface area contributed by atoms with Crippen LogP contribution in [0.3, 0.4) is 0 Å². The molecule has 108 valence electrons. The van der Waals surface area contributed by atoms with Crippen LogP contribution in [0.1, 0.15) is 12.6 Å². The number of benzene rings is 1. The van der Waals surface area contributed by atoms with Gasteiger partial charge >= 0.3 is 0 Å². The molecule has 0 aliphatic carbocycles. The van der Waals surface area contributed by atoms with E-state index in [0.29, 0.717) is 6.61 Å². The largest absolute Gasteiger partial charge is 0.493 e. The van der Waals surface area contributed by atoms with E-state index in [9.17, 15) is 4.79 Å². The predicted molar refractivity (Wildman–Crippen MR) is 84.3 cm³/mol. The smallest absolute Gasteiger partial charge is 0.226 e. The number of amides is 1. The third-order valence-electron chi connectivity index (χ3n) is 2.70. The highest BCUT2D eigenvalue weighted by Gasteiger charge is 2.11. The molecule has 0 aliphatic rings. The van der Waals surface area contributed by atoms with Crippen LogP contribution < -0.4 is 10.1 Å². The van der Waals surface area contributed by atoms with Crippen LogP contribution in [0.5, 0.6) is 5.75 Å². The molecule has 4 nitrogen and oxygen atoms in total. The molecule has 1 heterocycles. The third kappa shape index (κ3) is 4.07. The van der Waals surface area contributed by atoms with Gasteiger partial charge in [-0.1, -0.05) is 18.1 Å². The van der Waals surface area contributed by atoms with Crippen LogP contribution in [0.2, 0.25) is 0 Å². The predicted octanol–water partition coefficient (Wildman–Crippen LogP) is 2.50. The van der Waals surface area contributed by atoms with E-state index in [0.717, 1.165) is 22.0 Å². The Bertz CT molecular complexity index is 658. The van der Waals surface area contributed by atoms with Gasteiger partial charge in [0.25, 0.3) is 0 Å². The second kappa shape index (κ2) is 7.46. The number of para-hydroxylation sites is 1.